The molecule has 1 aliphatic heterocycles. The Kier molecular flexibility index (Phi) is 5.78. The first-order valence-electron chi connectivity index (χ1n) is 9.92. The molecule has 6 heteroatoms. The van der Waals surface area contributed by atoms with Crippen molar-refractivity contribution in [1.29, 1.82) is 0 Å². The number of nitrogens with zero attached hydrogens (tertiary/aromatic N) is 1. The fourth-order valence-corrected chi connectivity index (χ4v) is 3.50. The van der Waals surface area contributed by atoms with Crippen LogP contribution in [0, 0.1) is 0 Å². The largest absolute Gasteiger partial charge is 0.491 e. The van der Waals surface area contributed by atoms with Gasteiger partial charge in [0.1, 0.15) is 11.4 Å². The third-order valence-corrected chi connectivity index (χ3v) is 4.98. The molecule has 3 aromatic carbocycles. The topological polar surface area (TPSA) is 58.6 Å². The number of anilines is 2. The van der Waals surface area contributed by atoms with Crippen molar-refractivity contribution in [3.05, 3.63) is 95.1 Å². The molecule has 0 radical (unpaired) electrons. The number of hydrogen-bond acceptors (Lipinski definition) is 4. The molecule has 156 valence electrons. The van der Waals surface area contributed by atoms with Gasteiger partial charge in [-0.05, 0) is 67.9 Å². The second kappa shape index (κ2) is 8.66. The lowest BCUT2D eigenvalue weighted by Crippen LogP contribution is -2.32. The summed E-state index contributed by atoms with van der Waals surface area (Å²) in [5.41, 5.74) is 2.32. The van der Waals surface area contributed by atoms with E-state index in [1.54, 1.807) is 48.5 Å². The zero-order valence-electron chi connectivity index (χ0n) is 17.1. The smallest absolute Gasteiger partial charge is 0.282 e. The number of hydrogen-bond donors (Lipinski definition) is 1. The fourth-order valence-electron chi connectivity index (χ4n) is 3.37. The number of amides is 2. The van der Waals surface area contributed by atoms with Gasteiger partial charge < -0.3 is 10.1 Å². The molecule has 0 bridgehead atoms. The highest BCUT2D eigenvalue weighted by Crippen LogP contribution is 2.34. The molecule has 1 aliphatic rings. The van der Waals surface area contributed by atoms with E-state index in [0.29, 0.717) is 27.5 Å². The minimum absolute atomic E-state index is 0.0616. The van der Waals surface area contributed by atoms with Crippen LogP contribution >= 0.6 is 11.6 Å². The Hall–Kier alpha value is -3.57. The second-order valence-corrected chi connectivity index (χ2v) is 7.79. The summed E-state index contributed by atoms with van der Waals surface area (Å²) < 4.78 is 5.67. The van der Waals surface area contributed by atoms with E-state index in [4.69, 9.17) is 16.3 Å². The summed E-state index contributed by atoms with van der Waals surface area (Å²) in [5.74, 6) is -0.0726. The quantitative estimate of drug-likeness (QED) is 0.521. The predicted octanol–water partition coefficient (Wildman–Crippen LogP) is 5.52. The summed E-state index contributed by atoms with van der Waals surface area (Å²) in [4.78, 5) is 27.8. The van der Waals surface area contributed by atoms with Gasteiger partial charge in [-0.1, -0.05) is 41.9 Å². The lowest BCUT2D eigenvalue weighted by molar-refractivity contribution is -0.120. The van der Waals surface area contributed by atoms with Crippen molar-refractivity contribution >= 4 is 40.4 Å². The van der Waals surface area contributed by atoms with Gasteiger partial charge in [-0.25, -0.2) is 4.90 Å². The highest BCUT2D eigenvalue weighted by Gasteiger charge is 2.40. The molecule has 31 heavy (non-hydrogen) atoms. The van der Waals surface area contributed by atoms with Crippen molar-refractivity contribution in [2.45, 2.75) is 20.0 Å². The number of rotatable bonds is 6. The van der Waals surface area contributed by atoms with Crippen LogP contribution < -0.4 is 15.0 Å². The number of halogens is 1. The molecule has 1 N–H and O–H groups in total. The number of benzene rings is 3. The van der Waals surface area contributed by atoms with Crippen LogP contribution in [-0.2, 0) is 9.59 Å². The molecule has 0 unspecified atom stereocenters. The molecule has 1 heterocycles. The first kappa shape index (κ1) is 20.7. The third-order valence-electron chi connectivity index (χ3n) is 4.73. The van der Waals surface area contributed by atoms with E-state index in [1.165, 1.54) is 4.90 Å². The van der Waals surface area contributed by atoms with Crippen LogP contribution in [0.25, 0.3) is 5.57 Å². The predicted molar refractivity (Wildman–Crippen MR) is 123 cm³/mol. The molecule has 5 nitrogen and oxygen atoms in total. The van der Waals surface area contributed by atoms with E-state index in [2.05, 4.69) is 5.32 Å². The molecule has 0 spiro atoms. The van der Waals surface area contributed by atoms with Crippen LogP contribution in [0.2, 0.25) is 5.02 Å². The van der Waals surface area contributed by atoms with Gasteiger partial charge in [-0.2, -0.15) is 0 Å². The van der Waals surface area contributed by atoms with Crippen LogP contribution in [0.4, 0.5) is 11.4 Å². The Morgan fingerprint density at radius 2 is 1.48 bits per heavy atom. The Bertz CT molecular complexity index is 1140. The summed E-state index contributed by atoms with van der Waals surface area (Å²) in [6.07, 6.45) is 0.0616. The average Bonchev–Trinajstić information content (AvgIpc) is 3.00. The minimum Gasteiger partial charge on any atom is -0.491 e. The Balaban J connectivity index is 1.73. The maximum Gasteiger partial charge on any atom is 0.282 e. The van der Waals surface area contributed by atoms with Crippen molar-refractivity contribution in [3.8, 4) is 5.75 Å². The van der Waals surface area contributed by atoms with Crippen molar-refractivity contribution in [3.63, 3.8) is 0 Å². The van der Waals surface area contributed by atoms with E-state index in [9.17, 15) is 9.59 Å². The molecular formula is C25H21ClN2O3. The Labute approximate surface area is 185 Å². The molecule has 4 rings (SSSR count). The average molecular weight is 433 g/mol. The molecule has 0 aliphatic carbocycles. The van der Waals surface area contributed by atoms with E-state index < -0.39 is 5.91 Å². The van der Waals surface area contributed by atoms with Gasteiger partial charge in [-0.3, -0.25) is 9.59 Å². The number of ether oxygens (including phenoxy) is 1. The molecule has 0 fully saturated rings. The van der Waals surface area contributed by atoms with Crippen molar-refractivity contribution in [2.75, 3.05) is 10.2 Å². The number of carbonyl (C=O) groups excluding carboxylic acids is 2. The van der Waals surface area contributed by atoms with Crippen molar-refractivity contribution in [2.24, 2.45) is 0 Å². The summed E-state index contributed by atoms with van der Waals surface area (Å²) in [6.45, 7) is 3.91. The lowest BCUT2D eigenvalue weighted by atomic mass is 10.0. The first-order valence-corrected chi connectivity index (χ1v) is 10.3. The molecule has 0 atom stereocenters. The summed E-state index contributed by atoms with van der Waals surface area (Å²) >= 11 is 6.02. The van der Waals surface area contributed by atoms with Gasteiger partial charge in [0, 0.05) is 10.7 Å². The van der Waals surface area contributed by atoms with Crippen molar-refractivity contribution in [1.82, 2.24) is 0 Å². The van der Waals surface area contributed by atoms with Crippen LogP contribution in [0.5, 0.6) is 5.75 Å². The van der Waals surface area contributed by atoms with E-state index in [0.717, 1.165) is 5.75 Å². The summed E-state index contributed by atoms with van der Waals surface area (Å²) in [6, 6.07) is 23.0. The first-order chi connectivity index (χ1) is 14.9. The number of carbonyl (C=O) groups is 2. The molecule has 0 saturated carbocycles. The van der Waals surface area contributed by atoms with E-state index in [-0.39, 0.29) is 17.7 Å². The monoisotopic (exact) mass is 432 g/mol. The zero-order chi connectivity index (χ0) is 22.0. The lowest BCUT2D eigenvalue weighted by Gasteiger charge is -2.15. The maximum absolute atomic E-state index is 13.3. The summed E-state index contributed by atoms with van der Waals surface area (Å²) in [5, 5.41) is 3.70. The number of para-hydroxylation sites is 1. The van der Waals surface area contributed by atoms with Gasteiger partial charge >= 0.3 is 0 Å². The molecule has 2 amide bonds. The maximum atomic E-state index is 13.3. The molecule has 3 aromatic rings. The van der Waals surface area contributed by atoms with Crippen LogP contribution in [0.1, 0.15) is 19.4 Å². The van der Waals surface area contributed by atoms with Crippen LogP contribution in [0.3, 0.4) is 0 Å². The summed E-state index contributed by atoms with van der Waals surface area (Å²) in [7, 11) is 0. The third kappa shape index (κ3) is 4.32. The second-order valence-electron chi connectivity index (χ2n) is 7.35. The standard InChI is InChI=1S/C25H21ClN2O3/c1-16(2)31-21-14-12-19(13-15-21)27-23-22(17-8-10-18(26)11-9-17)24(29)28(25(23)30)20-6-4-3-5-7-20/h3-16,27H,1-2H3. The minimum atomic E-state index is -0.413. The van der Waals surface area contributed by atoms with Gasteiger partial charge in [-0.15, -0.1) is 0 Å². The number of nitrogens with one attached hydrogen (secondary N) is 1. The van der Waals surface area contributed by atoms with Crippen LogP contribution in [0.15, 0.2) is 84.6 Å². The van der Waals surface area contributed by atoms with Gasteiger partial charge in [0.05, 0.1) is 17.4 Å². The highest BCUT2D eigenvalue weighted by molar-refractivity contribution is 6.46. The van der Waals surface area contributed by atoms with E-state index in [1.807, 2.05) is 44.2 Å². The molecule has 0 aromatic heterocycles. The Morgan fingerprint density at radius 3 is 2.10 bits per heavy atom. The van der Waals surface area contributed by atoms with Gasteiger partial charge in [0.25, 0.3) is 11.8 Å². The molecule has 0 saturated heterocycles. The number of imide groups is 1. The normalized spacial score (nSPS) is 13.9. The SMILES string of the molecule is CC(C)Oc1ccc(NC2=C(c3ccc(Cl)cc3)C(=O)N(c3ccccc3)C2=O)cc1. The Morgan fingerprint density at radius 1 is 0.839 bits per heavy atom. The van der Waals surface area contributed by atoms with Gasteiger partial charge in [0.2, 0.25) is 0 Å². The highest BCUT2D eigenvalue weighted by atomic mass is 35.5. The van der Waals surface area contributed by atoms with Crippen LogP contribution in [-0.4, -0.2) is 17.9 Å². The van der Waals surface area contributed by atoms with Crippen molar-refractivity contribution < 1.29 is 14.3 Å². The zero-order valence-corrected chi connectivity index (χ0v) is 17.9. The molecular weight excluding hydrogens is 412 g/mol. The fraction of sp³-hybridized carbons (Fsp3) is 0.120. The van der Waals surface area contributed by atoms with Gasteiger partial charge in [0.15, 0.2) is 0 Å². The van der Waals surface area contributed by atoms with E-state index >= 15 is 0 Å².